The summed E-state index contributed by atoms with van der Waals surface area (Å²) in [6.45, 7) is 7.01. The van der Waals surface area contributed by atoms with Gasteiger partial charge in [-0.1, -0.05) is 13.3 Å². The van der Waals surface area contributed by atoms with Crippen molar-refractivity contribution in [3.05, 3.63) is 29.5 Å². The number of nitrogens with one attached hydrogen (secondary N) is 1. The van der Waals surface area contributed by atoms with Gasteiger partial charge in [0.05, 0.1) is 6.10 Å². The van der Waals surface area contributed by atoms with E-state index in [2.05, 4.69) is 22.2 Å². The molecule has 2 saturated carbocycles. The number of aryl methyl sites for hydroxylation is 2. The Bertz CT molecular complexity index is 817. The maximum absolute atomic E-state index is 13.0. The maximum atomic E-state index is 13.0. The van der Waals surface area contributed by atoms with Gasteiger partial charge in [-0.3, -0.25) is 9.20 Å². The van der Waals surface area contributed by atoms with Gasteiger partial charge in [0.1, 0.15) is 6.33 Å². The minimum absolute atomic E-state index is 0.0951. The lowest BCUT2D eigenvalue weighted by molar-refractivity contribution is -0.00121. The average molecular weight is 370 g/mol. The molecule has 2 aliphatic carbocycles. The Morgan fingerprint density at radius 1 is 1.30 bits per heavy atom. The molecule has 3 unspecified atom stereocenters. The molecule has 0 spiro atoms. The Labute approximate surface area is 160 Å². The highest BCUT2D eigenvalue weighted by atomic mass is 16.5. The molecule has 0 saturated heterocycles. The van der Waals surface area contributed by atoms with E-state index in [1.165, 1.54) is 19.3 Å². The molecule has 4 rings (SSSR count). The first-order chi connectivity index (χ1) is 13.1. The molecule has 1 amide bonds. The van der Waals surface area contributed by atoms with Crippen molar-refractivity contribution >= 4 is 11.6 Å². The van der Waals surface area contributed by atoms with Gasteiger partial charge in [-0.15, -0.1) is 0 Å². The Morgan fingerprint density at radius 2 is 2.04 bits per heavy atom. The highest BCUT2D eigenvalue weighted by molar-refractivity contribution is 5.98. The largest absolute Gasteiger partial charge is 0.378 e. The summed E-state index contributed by atoms with van der Waals surface area (Å²) in [6, 6.07) is 2.24. The number of hydrogen-bond acceptors (Lipinski definition) is 4. The van der Waals surface area contributed by atoms with Crippen LogP contribution in [0.5, 0.6) is 0 Å². The summed E-state index contributed by atoms with van der Waals surface area (Å²) < 4.78 is 7.96. The van der Waals surface area contributed by atoms with Crippen LogP contribution in [-0.2, 0) is 4.74 Å². The minimum Gasteiger partial charge on any atom is -0.378 e. The molecule has 4 atom stereocenters. The second-order valence-corrected chi connectivity index (χ2v) is 8.24. The van der Waals surface area contributed by atoms with Crippen molar-refractivity contribution in [3.8, 4) is 0 Å². The second-order valence-electron chi connectivity index (χ2n) is 8.24. The predicted octanol–water partition coefficient (Wildman–Crippen LogP) is 3.45. The molecule has 2 heterocycles. The predicted molar refractivity (Wildman–Crippen MR) is 104 cm³/mol. The first kappa shape index (κ1) is 18.4. The molecule has 27 heavy (non-hydrogen) atoms. The number of ether oxygens (including phenoxy) is 1. The Kier molecular flexibility index (Phi) is 5.17. The van der Waals surface area contributed by atoms with Crippen LogP contribution in [-0.4, -0.2) is 39.0 Å². The van der Waals surface area contributed by atoms with Crippen molar-refractivity contribution in [3.63, 3.8) is 0 Å². The summed E-state index contributed by atoms with van der Waals surface area (Å²) in [7, 11) is 0. The molecule has 0 aliphatic heterocycles. The van der Waals surface area contributed by atoms with E-state index in [4.69, 9.17) is 4.74 Å². The highest BCUT2D eigenvalue weighted by Gasteiger charge is 2.44. The molecular formula is C21H30N4O2. The van der Waals surface area contributed by atoms with Gasteiger partial charge in [0.2, 0.25) is 0 Å². The molecule has 2 aromatic rings. The summed E-state index contributed by atoms with van der Waals surface area (Å²) in [4.78, 5) is 21.9. The first-order valence-corrected chi connectivity index (χ1v) is 10.3. The molecule has 0 radical (unpaired) electrons. The third-order valence-electron chi connectivity index (χ3n) is 6.24. The molecule has 0 aromatic carbocycles. The fraction of sp³-hybridized carbons (Fsp3) is 0.667. The van der Waals surface area contributed by atoms with E-state index >= 15 is 0 Å². The Hall–Kier alpha value is -1.95. The molecule has 6 nitrogen and oxygen atoms in total. The number of rotatable bonds is 6. The van der Waals surface area contributed by atoms with Crippen molar-refractivity contribution in [2.75, 3.05) is 6.61 Å². The van der Waals surface area contributed by atoms with Gasteiger partial charge < -0.3 is 10.1 Å². The van der Waals surface area contributed by atoms with Crippen LogP contribution in [0.1, 0.15) is 67.3 Å². The number of hydrogen-bond donors (Lipinski definition) is 1. The zero-order chi connectivity index (χ0) is 19.0. The molecule has 6 heteroatoms. The van der Waals surface area contributed by atoms with Gasteiger partial charge in [-0.05, 0) is 63.9 Å². The standard InChI is InChI=1S/C21H30N4O2/c1-4-5-8-27-17-10-15-6-7-16(11-17)18(15)24-21(26)19-20-23-13(2)9-14(3)25(20)12-22-19/h9,12,15-18H,4-8,10-11H2,1-3H3,(H,24,26)/t15-,16?,17?,18?/m1/s1. The lowest BCUT2D eigenvalue weighted by Gasteiger charge is -2.35. The van der Waals surface area contributed by atoms with Crippen LogP contribution in [0.15, 0.2) is 12.4 Å². The number of carbonyl (C=O) groups is 1. The van der Waals surface area contributed by atoms with Crippen molar-refractivity contribution in [2.45, 2.75) is 71.4 Å². The quantitative estimate of drug-likeness (QED) is 0.791. The van der Waals surface area contributed by atoms with Crippen molar-refractivity contribution in [1.29, 1.82) is 0 Å². The van der Waals surface area contributed by atoms with E-state index in [1.54, 1.807) is 6.33 Å². The van der Waals surface area contributed by atoms with Crippen molar-refractivity contribution < 1.29 is 9.53 Å². The SMILES string of the molecule is CCCCOC1CC2CC[C@H](C1)C2NC(=O)c1ncn2c(C)cc(C)nc12. The summed E-state index contributed by atoms with van der Waals surface area (Å²) in [5, 5.41) is 3.29. The van der Waals surface area contributed by atoms with Gasteiger partial charge in [-0.2, -0.15) is 0 Å². The van der Waals surface area contributed by atoms with Gasteiger partial charge in [0.25, 0.3) is 5.91 Å². The van der Waals surface area contributed by atoms with Crippen LogP contribution >= 0.6 is 0 Å². The van der Waals surface area contributed by atoms with Crippen LogP contribution in [0.3, 0.4) is 0 Å². The Morgan fingerprint density at radius 3 is 2.74 bits per heavy atom. The fourth-order valence-electron chi connectivity index (χ4n) is 4.90. The van der Waals surface area contributed by atoms with Crippen LogP contribution in [0.4, 0.5) is 0 Å². The van der Waals surface area contributed by atoms with Crippen LogP contribution < -0.4 is 5.32 Å². The molecule has 2 fully saturated rings. The molecule has 2 aliphatic rings. The molecule has 2 aromatic heterocycles. The van der Waals surface area contributed by atoms with Gasteiger partial charge in [0, 0.05) is 24.0 Å². The number of amides is 1. The van der Waals surface area contributed by atoms with Crippen LogP contribution in [0.25, 0.3) is 5.65 Å². The van der Waals surface area contributed by atoms with E-state index in [-0.39, 0.29) is 11.9 Å². The second kappa shape index (κ2) is 7.58. The monoisotopic (exact) mass is 370 g/mol. The Balaban J connectivity index is 1.45. The molecule has 1 N–H and O–H groups in total. The summed E-state index contributed by atoms with van der Waals surface area (Å²) in [6.07, 6.45) is 8.85. The molecule has 146 valence electrons. The van der Waals surface area contributed by atoms with E-state index in [9.17, 15) is 4.79 Å². The molecular weight excluding hydrogens is 340 g/mol. The summed E-state index contributed by atoms with van der Waals surface area (Å²) >= 11 is 0. The lowest BCUT2D eigenvalue weighted by atomic mass is 9.82. The van der Waals surface area contributed by atoms with Crippen LogP contribution in [0.2, 0.25) is 0 Å². The third kappa shape index (κ3) is 3.59. The number of fused-ring (bicyclic) bond motifs is 3. The smallest absolute Gasteiger partial charge is 0.274 e. The number of aromatic nitrogens is 3. The number of unbranched alkanes of at least 4 members (excludes halogenated alkanes) is 1. The van der Waals surface area contributed by atoms with E-state index in [0.29, 0.717) is 29.3 Å². The fourth-order valence-corrected chi connectivity index (χ4v) is 4.90. The van der Waals surface area contributed by atoms with Crippen molar-refractivity contribution in [2.24, 2.45) is 11.8 Å². The lowest BCUT2D eigenvalue weighted by Crippen LogP contribution is -2.46. The topological polar surface area (TPSA) is 68.5 Å². The number of nitrogens with zero attached hydrogens (tertiary/aromatic N) is 3. The number of imidazole rings is 1. The zero-order valence-electron chi connectivity index (χ0n) is 16.6. The van der Waals surface area contributed by atoms with E-state index in [1.807, 2.05) is 24.3 Å². The third-order valence-corrected chi connectivity index (χ3v) is 6.24. The summed E-state index contributed by atoms with van der Waals surface area (Å²) in [5.41, 5.74) is 3.02. The first-order valence-electron chi connectivity index (χ1n) is 10.3. The minimum atomic E-state index is -0.0951. The number of carbonyl (C=O) groups excluding carboxylic acids is 1. The zero-order valence-corrected chi connectivity index (χ0v) is 16.6. The summed E-state index contributed by atoms with van der Waals surface area (Å²) in [5.74, 6) is 0.941. The van der Waals surface area contributed by atoms with Crippen LogP contribution in [0, 0.1) is 25.7 Å². The average Bonchev–Trinajstić information content (AvgIpc) is 3.14. The highest BCUT2D eigenvalue weighted by Crippen LogP contribution is 2.43. The van der Waals surface area contributed by atoms with Gasteiger partial charge in [-0.25, -0.2) is 9.97 Å². The maximum Gasteiger partial charge on any atom is 0.274 e. The van der Waals surface area contributed by atoms with E-state index < -0.39 is 0 Å². The van der Waals surface area contributed by atoms with Crippen molar-refractivity contribution in [1.82, 2.24) is 19.7 Å². The van der Waals surface area contributed by atoms with Gasteiger partial charge >= 0.3 is 0 Å². The van der Waals surface area contributed by atoms with E-state index in [0.717, 1.165) is 37.3 Å². The van der Waals surface area contributed by atoms with Gasteiger partial charge in [0.15, 0.2) is 11.3 Å². The normalized spacial score (nSPS) is 27.2. The molecule has 2 bridgehead atoms.